The van der Waals surface area contributed by atoms with Gasteiger partial charge in [-0.25, -0.2) is 0 Å². The first-order chi connectivity index (χ1) is 7.26. The molecule has 0 saturated carbocycles. The second-order valence-corrected chi connectivity index (χ2v) is 3.87. The standard InChI is InChI=1S/C11H14O4/c1-14-5-8-6-15-10-3-7(4-12)2-9(13)11(8)10/h6-7,12H,2-5H2,1H3. The second-order valence-electron chi connectivity index (χ2n) is 3.87. The van der Waals surface area contributed by atoms with Crippen LogP contribution in [0.5, 0.6) is 0 Å². The molecule has 0 radical (unpaired) electrons. The van der Waals surface area contributed by atoms with Gasteiger partial charge in [-0.2, -0.15) is 0 Å². The van der Waals surface area contributed by atoms with Crippen LogP contribution in [0.1, 0.15) is 28.1 Å². The minimum atomic E-state index is 0.00606. The fraction of sp³-hybridized carbons (Fsp3) is 0.545. The Balaban J connectivity index is 2.30. The molecule has 15 heavy (non-hydrogen) atoms. The van der Waals surface area contributed by atoms with E-state index in [2.05, 4.69) is 0 Å². The number of hydrogen-bond acceptors (Lipinski definition) is 4. The molecule has 2 rings (SSSR count). The first-order valence-electron chi connectivity index (χ1n) is 4.98. The van der Waals surface area contributed by atoms with Gasteiger partial charge in [0.1, 0.15) is 5.76 Å². The Kier molecular flexibility index (Phi) is 2.88. The molecule has 1 heterocycles. The summed E-state index contributed by atoms with van der Waals surface area (Å²) >= 11 is 0. The van der Waals surface area contributed by atoms with Gasteiger partial charge in [-0.15, -0.1) is 0 Å². The number of ketones is 1. The monoisotopic (exact) mass is 210 g/mol. The molecule has 0 aromatic carbocycles. The van der Waals surface area contributed by atoms with Crippen molar-refractivity contribution in [2.45, 2.75) is 19.4 Å². The van der Waals surface area contributed by atoms with Gasteiger partial charge in [0.25, 0.3) is 0 Å². The van der Waals surface area contributed by atoms with Crippen LogP contribution in [0.2, 0.25) is 0 Å². The molecule has 1 aromatic rings. The third-order valence-corrected chi connectivity index (χ3v) is 2.73. The average Bonchev–Trinajstić information content (AvgIpc) is 2.62. The number of carbonyl (C=O) groups is 1. The van der Waals surface area contributed by atoms with E-state index in [0.29, 0.717) is 30.8 Å². The van der Waals surface area contributed by atoms with E-state index in [1.54, 1.807) is 13.4 Å². The quantitative estimate of drug-likeness (QED) is 0.813. The first-order valence-corrected chi connectivity index (χ1v) is 4.98. The van der Waals surface area contributed by atoms with Crippen LogP contribution < -0.4 is 0 Å². The molecule has 82 valence electrons. The molecule has 1 atom stereocenters. The largest absolute Gasteiger partial charge is 0.468 e. The van der Waals surface area contributed by atoms with Gasteiger partial charge in [-0.05, 0) is 5.92 Å². The van der Waals surface area contributed by atoms with Crippen molar-refractivity contribution in [1.29, 1.82) is 0 Å². The molecule has 1 aliphatic rings. The SMILES string of the molecule is COCc1coc2c1C(=O)CC(CO)C2. The normalized spacial score (nSPS) is 20.4. The van der Waals surface area contributed by atoms with Crippen molar-refractivity contribution in [3.05, 3.63) is 23.2 Å². The highest BCUT2D eigenvalue weighted by atomic mass is 16.5. The van der Waals surface area contributed by atoms with E-state index in [9.17, 15) is 4.79 Å². The van der Waals surface area contributed by atoms with E-state index in [-0.39, 0.29) is 18.3 Å². The Morgan fingerprint density at radius 2 is 2.40 bits per heavy atom. The highest BCUT2D eigenvalue weighted by Gasteiger charge is 2.29. The van der Waals surface area contributed by atoms with Gasteiger partial charge in [-0.1, -0.05) is 0 Å². The molecular weight excluding hydrogens is 196 g/mol. The molecule has 4 heteroatoms. The lowest BCUT2D eigenvalue weighted by atomic mass is 9.86. The van der Waals surface area contributed by atoms with Crippen LogP contribution in [0.15, 0.2) is 10.7 Å². The Morgan fingerprint density at radius 3 is 3.07 bits per heavy atom. The first kappa shape index (κ1) is 10.4. The lowest BCUT2D eigenvalue weighted by Crippen LogP contribution is -2.22. The van der Waals surface area contributed by atoms with E-state index in [1.807, 2.05) is 0 Å². The lowest BCUT2D eigenvalue weighted by molar-refractivity contribution is 0.0907. The molecule has 0 bridgehead atoms. The number of carbonyl (C=O) groups excluding carboxylic acids is 1. The van der Waals surface area contributed by atoms with Crippen LogP contribution >= 0.6 is 0 Å². The van der Waals surface area contributed by atoms with Gasteiger partial charge in [-0.3, -0.25) is 4.79 Å². The molecule has 1 aromatic heterocycles. The van der Waals surface area contributed by atoms with Crippen LogP contribution in [0.4, 0.5) is 0 Å². The molecule has 0 aliphatic heterocycles. The molecule has 0 saturated heterocycles. The number of furan rings is 1. The van der Waals surface area contributed by atoms with Gasteiger partial charge in [0.05, 0.1) is 18.4 Å². The summed E-state index contributed by atoms with van der Waals surface area (Å²) in [5.74, 6) is 0.750. The van der Waals surface area contributed by atoms with E-state index >= 15 is 0 Å². The minimum absolute atomic E-state index is 0.00606. The maximum Gasteiger partial charge on any atom is 0.167 e. The van der Waals surface area contributed by atoms with Gasteiger partial charge in [0.2, 0.25) is 0 Å². The van der Waals surface area contributed by atoms with Gasteiger partial charge >= 0.3 is 0 Å². The summed E-state index contributed by atoms with van der Waals surface area (Å²) < 4.78 is 10.3. The lowest BCUT2D eigenvalue weighted by Gasteiger charge is -2.18. The summed E-state index contributed by atoms with van der Waals surface area (Å²) in [6.07, 6.45) is 2.62. The zero-order valence-corrected chi connectivity index (χ0v) is 8.66. The van der Waals surface area contributed by atoms with Crippen LogP contribution in [-0.4, -0.2) is 24.6 Å². The maximum absolute atomic E-state index is 11.8. The Labute approximate surface area is 87.8 Å². The molecule has 0 fully saturated rings. The van der Waals surface area contributed by atoms with Crippen molar-refractivity contribution in [3.8, 4) is 0 Å². The molecular formula is C11H14O4. The van der Waals surface area contributed by atoms with Crippen LogP contribution in [0.3, 0.4) is 0 Å². The summed E-state index contributed by atoms with van der Waals surface area (Å²) in [6, 6.07) is 0. The van der Waals surface area contributed by atoms with E-state index in [4.69, 9.17) is 14.3 Å². The average molecular weight is 210 g/mol. The third kappa shape index (κ3) is 1.82. The number of ether oxygens (including phenoxy) is 1. The number of methoxy groups -OCH3 is 1. The number of rotatable bonds is 3. The van der Waals surface area contributed by atoms with Crippen molar-refractivity contribution >= 4 is 5.78 Å². The molecule has 1 unspecified atom stereocenters. The number of Topliss-reactive ketones (excluding diaryl/α,β-unsaturated/α-hetero) is 1. The third-order valence-electron chi connectivity index (χ3n) is 2.73. The Hall–Kier alpha value is -1.13. The highest BCUT2D eigenvalue weighted by molar-refractivity contribution is 5.99. The predicted octanol–water partition coefficient (Wildman–Crippen LogP) is 1.16. The van der Waals surface area contributed by atoms with Crippen molar-refractivity contribution in [2.24, 2.45) is 5.92 Å². The van der Waals surface area contributed by atoms with Crippen molar-refractivity contribution in [1.82, 2.24) is 0 Å². The summed E-state index contributed by atoms with van der Waals surface area (Å²) in [7, 11) is 1.59. The van der Waals surface area contributed by atoms with Gasteiger partial charge in [0, 0.05) is 32.1 Å². The molecule has 0 amide bonds. The number of fused-ring (bicyclic) bond motifs is 1. The summed E-state index contributed by atoms with van der Waals surface area (Å²) in [5, 5.41) is 9.03. The van der Waals surface area contributed by atoms with Gasteiger partial charge in [0.15, 0.2) is 5.78 Å². The second kappa shape index (κ2) is 4.16. The minimum Gasteiger partial charge on any atom is -0.468 e. The van der Waals surface area contributed by atoms with E-state index in [1.165, 1.54) is 0 Å². The Morgan fingerprint density at radius 1 is 1.60 bits per heavy atom. The molecule has 4 nitrogen and oxygen atoms in total. The highest BCUT2D eigenvalue weighted by Crippen LogP contribution is 2.29. The Bertz CT molecular complexity index is 367. The number of aliphatic hydroxyl groups excluding tert-OH is 1. The molecule has 1 aliphatic carbocycles. The van der Waals surface area contributed by atoms with Crippen LogP contribution in [0.25, 0.3) is 0 Å². The fourth-order valence-electron chi connectivity index (χ4n) is 2.01. The van der Waals surface area contributed by atoms with Crippen LogP contribution in [0, 0.1) is 5.92 Å². The van der Waals surface area contributed by atoms with Gasteiger partial charge < -0.3 is 14.3 Å². The summed E-state index contributed by atoms with van der Waals surface area (Å²) in [5.41, 5.74) is 1.48. The zero-order valence-electron chi connectivity index (χ0n) is 8.66. The smallest absolute Gasteiger partial charge is 0.167 e. The summed E-state index contributed by atoms with van der Waals surface area (Å²) in [4.78, 5) is 11.8. The maximum atomic E-state index is 11.8. The zero-order chi connectivity index (χ0) is 10.8. The number of hydrogen-bond donors (Lipinski definition) is 1. The topological polar surface area (TPSA) is 59.7 Å². The molecule has 1 N–H and O–H groups in total. The number of aliphatic hydroxyl groups is 1. The van der Waals surface area contributed by atoms with E-state index < -0.39 is 0 Å². The van der Waals surface area contributed by atoms with Crippen molar-refractivity contribution < 1.29 is 19.1 Å². The van der Waals surface area contributed by atoms with Crippen LogP contribution in [-0.2, 0) is 17.8 Å². The summed E-state index contributed by atoms with van der Waals surface area (Å²) in [6.45, 7) is 0.430. The predicted molar refractivity (Wildman–Crippen MR) is 52.6 cm³/mol. The fourth-order valence-corrected chi connectivity index (χ4v) is 2.01. The van der Waals surface area contributed by atoms with Crippen molar-refractivity contribution in [3.63, 3.8) is 0 Å². The molecule has 0 spiro atoms. The van der Waals surface area contributed by atoms with Crippen molar-refractivity contribution in [2.75, 3.05) is 13.7 Å². The van der Waals surface area contributed by atoms with E-state index in [0.717, 1.165) is 5.56 Å².